The van der Waals surface area contributed by atoms with Gasteiger partial charge in [0, 0.05) is 34.7 Å². The molecule has 1 N–H and O–H groups in total. The van der Waals surface area contributed by atoms with E-state index in [1.54, 1.807) is 37.8 Å². The first kappa shape index (κ1) is 25.5. The third-order valence-corrected chi connectivity index (χ3v) is 6.97. The van der Waals surface area contributed by atoms with Crippen molar-refractivity contribution in [2.45, 2.75) is 26.7 Å². The molecular formula is C24H28N2O7S. The van der Waals surface area contributed by atoms with Gasteiger partial charge in [-0.25, -0.2) is 4.79 Å². The van der Waals surface area contributed by atoms with Crippen LogP contribution in [0, 0.1) is 27.9 Å². The summed E-state index contributed by atoms with van der Waals surface area (Å²) in [6.07, 6.45) is 1.76. The van der Waals surface area contributed by atoms with E-state index in [2.05, 4.69) is 5.32 Å². The fraction of sp³-hybridized carbons (Fsp3) is 0.458. The van der Waals surface area contributed by atoms with Gasteiger partial charge in [-0.2, -0.15) is 11.8 Å². The highest BCUT2D eigenvalue weighted by Crippen LogP contribution is 2.48. The largest absolute Gasteiger partial charge is 0.468 e. The maximum Gasteiger partial charge on any atom is 0.336 e. The second kappa shape index (κ2) is 10.9. The van der Waals surface area contributed by atoms with Gasteiger partial charge in [0.15, 0.2) is 5.78 Å². The maximum atomic E-state index is 13.7. The molecular weight excluding hydrogens is 460 g/mol. The van der Waals surface area contributed by atoms with Crippen LogP contribution in [0.5, 0.6) is 0 Å². The molecule has 1 aliphatic carbocycles. The normalized spacial score (nSPS) is 24.0. The van der Waals surface area contributed by atoms with Crippen molar-refractivity contribution < 1.29 is 28.8 Å². The number of methoxy groups -OCH3 is 1. The van der Waals surface area contributed by atoms with E-state index in [0.29, 0.717) is 17.1 Å². The van der Waals surface area contributed by atoms with Crippen molar-refractivity contribution in [3.05, 3.63) is 63.0 Å². The van der Waals surface area contributed by atoms with Crippen molar-refractivity contribution in [2.75, 3.05) is 25.2 Å². The minimum absolute atomic E-state index is 0.143. The summed E-state index contributed by atoms with van der Waals surface area (Å²) in [6, 6.07) is 6.03. The van der Waals surface area contributed by atoms with Gasteiger partial charge in [-0.15, -0.1) is 0 Å². The highest BCUT2D eigenvalue weighted by atomic mass is 32.2. The lowest BCUT2D eigenvalue weighted by Gasteiger charge is -2.40. The number of carbonyl (C=O) groups is 3. The molecule has 1 aromatic carbocycles. The molecule has 3 rings (SSSR count). The molecule has 0 amide bonds. The summed E-state index contributed by atoms with van der Waals surface area (Å²) >= 11 is 1.61. The second-order valence-corrected chi connectivity index (χ2v) is 9.55. The third kappa shape index (κ3) is 4.86. The van der Waals surface area contributed by atoms with Crippen LogP contribution in [0.15, 0.2) is 47.3 Å². The zero-order chi connectivity index (χ0) is 25.0. The molecule has 0 saturated carbocycles. The monoisotopic (exact) mass is 488 g/mol. The predicted molar refractivity (Wildman–Crippen MR) is 127 cm³/mol. The van der Waals surface area contributed by atoms with E-state index < -0.39 is 46.3 Å². The number of nitrogens with zero attached hydrogens (tertiary/aromatic N) is 1. The van der Waals surface area contributed by atoms with Crippen LogP contribution in [0.3, 0.4) is 0 Å². The molecule has 182 valence electrons. The summed E-state index contributed by atoms with van der Waals surface area (Å²) in [5, 5.41) is 15.0. The zero-order valence-corrected chi connectivity index (χ0v) is 20.3. The molecule has 0 radical (unpaired) electrons. The molecule has 0 aromatic heterocycles. The number of fused-ring (bicyclic) bond motifs is 1. The maximum absolute atomic E-state index is 13.7. The first-order valence-corrected chi connectivity index (χ1v) is 12.2. The zero-order valence-electron chi connectivity index (χ0n) is 19.5. The molecule has 0 spiro atoms. The number of thioether (sulfide) groups is 1. The van der Waals surface area contributed by atoms with Crippen LogP contribution >= 0.6 is 11.8 Å². The number of para-hydroxylation sites is 1. The highest BCUT2D eigenvalue weighted by Gasteiger charge is 2.51. The number of nitro groups is 1. The van der Waals surface area contributed by atoms with E-state index in [9.17, 15) is 24.5 Å². The number of hydrogen-bond acceptors (Lipinski definition) is 9. The van der Waals surface area contributed by atoms with E-state index in [-0.39, 0.29) is 23.4 Å². The van der Waals surface area contributed by atoms with Gasteiger partial charge in [0.05, 0.1) is 23.5 Å². The quantitative estimate of drug-likeness (QED) is 0.193. The molecule has 1 heterocycles. The minimum atomic E-state index is -1.08. The van der Waals surface area contributed by atoms with Gasteiger partial charge in [0.25, 0.3) is 5.69 Å². The van der Waals surface area contributed by atoms with Gasteiger partial charge < -0.3 is 14.8 Å². The van der Waals surface area contributed by atoms with E-state index in [1.165, 1.54) is 25.3 Å². The summed E-state index contributed by atoms with van der Waals surface area (Å²) in [5.74, 6) is -3.83. The molecule has 4 atom stereocenters. The lowest BCUT2D eigenvalue weighted by molar-refractivity contribution is -0.385. The number of rotatable bonds is 8. The Hall–Kier alpha value is -3.14. The molecule has 1 aromatic rings. The summed E-state index contributed by atoms with van der Waals surface area (Å²) in [5.41, 5.74) is 1.11. The summed E-state index contributed by atoms with van der Waals surface area (Å²) in [6.45, 7) is 5.58. The SMILES string of the molecule is CCSCCOC(=O)C1=C(C)NC2=CC(C)C(C(=O)OC)C(=O)C2C1c1ccccc1[N+](=O)[O-]. The highest BCUT2D eigenvalue weighted by molar-refractivity contribution is 7.99. The Bertz CT molecular complexity index is 1070. The second-order valence-electron chi connectivity index (χ2n) is 8.15. The number of nitro benzene ring substituents is 1. The molecule has 0 saturated heterocycles. The number of ether oxygens (including phenoxy) is 2. The van der Waals surface area contributed by atoms with Gasteiger partial charge in [0.2, 0.25) is 0 Å². The molecule has 1 aliphatic heterocycles. The molecule has 4 unspecified atom stereocenters. The fourth-order valence-electron chi connectivity index (χ4n) is 4.64. The van der Waals surface area contributed by atoms with E-state index in [0.717, 1.165) is 5.75 Å². The van der Waals surface area contributed by atoms with Crippen molar-refractivity contribution in [1.29, 1.82) is 0 Å². The Labute approximate surface area is 202 Å². The average Bonchev–Trinajstić information content (AvgIpc) is 2.80. The number of hydrogen-bond donors (Lipinski definition) is 1. The number of nitrogens with one attached hydrogen (secondary N) is 1. The van der Waals surface area contributed by atoms with Gasteiger partial charge >= 0.3 is 11.9 Å². The van der Waals surface area contributed by atoms with Crippen LogP contribution in [-0.2, 0) is 23.9 Å². The molecule has 10 heteroatoms. The van der Waals surface area contributed by atoms with Crippen LogP contribution < -0.4 is 5.32 Å². The Morgan fingerprint density at radius 3 is 2.59 bits per heavy atom. The van der Waals surface area contributed by atoms with E-state index in [4.69, 9.17) is 9.47 Å². The van der Waals surface area contributed by atoms with Crippen molar-refractivity contribution in [2.24, 2.45) is 17.8 Å². The summed E-state index contributed by atoms with van der Waals surface area (Å²) in [4.78, 5) is 50.7. The number of benzene rings is 1. The van der Waals surface area contributed by atoms with Crippen molar-refractivity contribution in [1.82, 2.24) is 5.32 Å². The summed E-state index contributed by atoms with van der Waals surface area (Å²) < 4.78 is 10.3. The number of Topliss-reactive ketones (excluding diaryl/α,β-unsaturated/α-hetero) is 1. The Morgan fingerprint density at radius 2 is 1.94 bits per heavy atom. The Morgan fingerprint density at radius 1 is 1.24 bits per heavy atom. The lowest BCUT2D eigenvalue weighted by Crippen LogP contribution is -2.47. The number of allylic oxidation sites excluding steroid dienone is 3. The van der Waals surface area contributed by atoms with Crippen molar-refractivity contribution in [3.63, 3.8) is 0 Å². The van der Waals surface area contributed by atoms with Crippen LogP contribution in [0.25, 0.3) is 0 Å². The fourth-order valence-corrected chi connectivity index (χ4v) is 5.13. The number of ketones is 1. The molecule has 0 bridgehead atoms. The number of carbonyl (C=O) groups excluding carboxylic acids is 3. The predicted octanol–water partition coefficient (Wildman–Crippen LogP) is 3.36. The molecule has 9 nitrogen and oxygen atoms in total. The van der Waals surface area contributed by atoms with E-state index >= 15 is 0 Å². The van der Waals surface area contributed by atoms with Crippen LogP contribution in [0.1, 0.15) is 32.3 Å². The molecule has 0 fully saturated rings. The van der Waals surface area contributed by atoms with Crippen LogP contribution in [0.4, 0.5) is 5.69 Å². The topological polar surface area (TPSA) is 125 Å². The average molecular weight is 489 g/mol. The smallest absolute Gasteiger partial charge is 0.336 e. The van der Waals surface area contributed by atoms with Crippen LogP contribution in [-0.4, -0.2) is 47.9 Å². The number of esters is 2. The minimum Gasteiger partial charge on any atom is -0.468 e. The van der Waals surface area contributed by atoms with Gasteiger partial charge in [0.1, 0.15) is 12.5 Å². The lowest BCUT2D eigenvalue weighted by atomic mass is 9.66. The van der Waals surface area contributed by atoms with E-state index in [1.807, 2.05) is 6.92 Å². The van der Waals surface area contributed by atoms with Crippen molar-refractivity contribution in [3.8, 4) is 0 Å². The van der Waals surface area contributed by atoms with Gasteiger partial charge in [-0.1, -0.05) is 38.1 Å². The van der Waals surface area contributed by atoms with Crippen LogP contribution in [0.2, 0.25) is 0 Å². The van der Waals surface area contributed by atoms with Crippen molar-refractivity contribution >= 4 is 35.2 Å². The molecule has 34 heavy (non-hydrogen) atoms. The van der Waals surface area contributed by atoms with Gasteiger partial charge in [-0.05, 0) is 18.6 Å². The first-order valence-electron chi connectivity index (χ1n) is 11.0. The third-order valence-electron chi connectivity index (χ3n) is 6.11. The first-order chi connectivity index (χ1) is 16.2. The summed E-state index contributed by atoms with van der Waals surface area (Å²) in [7, 11) is 1.21. The van der Waals surface area contributed by atoms with Gasteiger partial charge in [-0.3, -0.25) is 19.7 Å². The Balaban J connectivity index is 2.16. The standard InChI is InChI=1S/C24H28N2O7S/c1-5-34-11-10-33-24(29)19-14(3)25-16-12-13(2)18(23(28)32-4)22(27)21(16)20(19)15-8-6-7-9-17(15)26(30)31/h6-9,12-13,18,20-21,25H,5,10-11H2,1-4H3. The molecule has 2 aliphatic rings. The Kier molecular flexibility index (Phi) is 8.14.